The lowest BCUT2D eigenvalue weighted by atomic mass is 10.2. The van der Waals surface area contributed by atoms with Gasteiger partial charge in [0, 0.05) is 109 Å². The molecule has 0 heterocycles. The van der Waals surface area contributed by atoms with E-state index in [4.69, 9.17) is 63.6 Å². The number of hydrogen-bond donors (Lipinski definition) is 1. The highest BCUT2D eigenvalue weighted by molar-refractivity contribution is 6.85. The van der Waals surface area contributed by atoms with Gasteiger partial charge < -0.3 is 73.1 Å². The van der Waals surface area contributed by atoms with Crippen molar-refractivity contribution in [1.82, 2.24) is 0 Å². The van der Waals surface area contributed by atoms with Crippen LogP contribution in [0.5, 0.6) is 0 Å². The van der Waals surface area contributed by atoms with Crippen molar-refractivity contribution in [2.24, 2.45) is 0 Å². The number of aliphatic hydroxyl groups is 1. The van der Waals surface area contributed by atoms with Crippen LogP contribution in [0.2, 0.25) is 36.8 Å². The maximum Gasteiger partial charge on any atom is 0.504 e. The molecule has 0 saturated heterocycles. The second-order valence-electron chi connectivity index (χ2n) is 13.1. The van der Waals surface area contributed by atoms with Crippen LogP contribution in [0.15, 0.2) is 81.3 Å². The Morgan fingerprint density at radius 3 is 1.38 bits per heavy atom. The first kappa shape index (κ1) is 72.2. The highest BCUT2D eigenvalue weighted by Gasteiger charge is 2.44. The molecule has 384 valence electrons. The van der Waals surface area contributed by atoms with E-state index >= 15 is 0 Å². The molecule has 1 aromatic carbocycles. The molecule has 65 heavy (non-hydrogen) atoms. The molecule has 0 aliphatic carbocycles. The van der Waals surface area contributed by atoms with E-state index in [1.54, 1.807) is 83.3 Å². The molecule has 21 heteroatoms. The van der Waals surface area contributed by atoms with Crippen molar-refractivity contribution in [1.29, 1.82) is 0 Å². The summed E-state index contributed by atoms with van der Waals surface area (Å²) in [5.41, 5.74) is 3.28. The second kappa shape index (κ2) is 51.6. The van der Waals surface area contributed by atoms with Gasteiger partial charge in [-0.05, 0) is 43.6 Å². The summed E-state index contributed by atoms with van der Waals surface area (Å²) in [6.07, 6.45) is 6.72. The third kappa shape index (κ3) is 40.9. The van der Waals surface area contributed by atoms with Crippen molar-refractivity contribution < 1.29 is 73.1 Å². The molecule has 1 unspecified atom stereocenters. The minimum absolute atomic E-state index is 0.156. The van der Waals surface area contributed by atoms with Gasteiger partial charge in [-0.1, -0.05) is 62.2 Å². The topological polar surface area (TPSA) is 159 Å². The molecule has 0 bridgehead atoms. The quantitative estimate of drug-likeness (QED) is 0.0257. The predicted octanol–water partition coefficient (Wildman–Crippen LogP) is 6.66. The normalized spacial score (nSPS) is 11.9. The van der Waals surface area contributed by atoms with E-state index in [0.29, 0.717) is 58.9 Å². The molecule has 0 aromatic heterocycles. The standard InChI is InChI=1S/C14H34O6Si3.C9H12OSi.C7H16O3Si.C6H12O2.C5H10O2.C3H8O2/c1-9-20-23(18-6,19-7)14-12-21(8,10-2)11-13-22(15-3,16-4)17-5;1-3-8-4-6-9(7-5-8)11-10-2;1-5-7-11(8-3,9-4)10-6-2;1-3-4-8-6-5-7-2;1-3-7-5-4-6-2;1-2-5-3-4/h10H,2,9,11-14H2,1,3-8H3;3-7H,1,11H2,2H3;5H,1,6-7H2,2-4H3;3H,1,4-6H2,2H3;3H,1,4-5H2,2H3;4H,2-3H2,1H3. The van der Waals surface area contributed by atoms with E-state index in [-0.39, 0.29) is 6.79 Å². The zero-order chi connectivity index (χ0) is 50.7. The van der Waals surface area contributed by atoms with E-state index in [9.17, 15) is 0 Å². The van der Waals surface area contributed by atoms with Crippen molar-refractivity contribution in [2.75, 3.05) is 131 Å². The second-order valence-corrected chi connectivity index (χ2v) is 28.4. The minimum atomic E-state index is -2.56. The van der Waals surface area contributed by atoms with Gasteiger partial charge in [0.05, 0.1) is 40.8 Å². The molecule has 1 aromatic rings. The molecule has 16 nitrogen and oxygen atoms in total. The van der Waals surface area contributed by atoms with Crippen LogP contribution in [0, 0.1) is 0 Å². The van der Waals surface area contributed by atoms with Crippen molar-refractivity contribution in [3.63, 3.8) is 0 Å². The molecule has 0 spiro atoms. The van der Waals surface area contributed by atoms with Crippen molar-refractivity contribution in [3.05, 3.63) is 86.8 Å². The lowest BCUT2D eigenvalue weighted by molar-refractivity contribution is 0.00539. The lowest BCUT2D eigenvalue weighted by Crippen LogP contribution is -2.47. The molecule has 1 rings (SSSR count). The number of aliphatic hydroxyl groups excluding tert-OH is 1. The Balaban J connectivity index is -0.000000241. The number of rotatable bonds is 34. The van der Waals surface area contributed by atoms with Gasteiger partial charge in [-0.2, -0.15) is 0 Å². The fraction of sp³-hybridized carbons (Fsp3) is 0.636. The Bertz CT molecular complexity index is 1180. The average molecular weight is 1020 g/mol. The molecular weight excluding hydrogens is 925 g/mol. The molecule has 0 fully saturated rings. The first-order valence-corrected chi connectivity index (χ1v) is 31.4. The largest absolute Gasteiger partial charge is 0.504 e. The van der Waals surface area contributed by atoms with Crippen molar-refractivity contribution >= 4 is 55.5 Å². The molecule has 0 radical (unpaired) electrons. The van der Waals surface area contributed by atoms with Crippen LogP contribution in [0.4, 0.5) is 0 Å². The number of ether oxygens (including phenoxy) is 5. The highest BCUT2D eigenvalue weighted by Crippen LogP contribution is 2.30. The Kier molecular flexibility index (Phi) is 57.3. The molecule has 1 atom stereocenters. The van der Waals surface area contributed by atoms with Crippen LogP contribution >= 0.6 is 0 Å². The highest BCUT2D eigenvalue weighted by atomic mass is 28.4. The fourth-order valence-corrected chi connectivity index (χ4v) is 17.4. The Hall–Kier alpha value is -1.80. The van der Waals surface area contributed by atoms with Crippen LogP contribution in [0.3, 0.4) is 0 Å². The molecule has 0 aliphatic heterocycles. The third-order valence-electron chi connectivity index (χ3n) is 8.81. The van der Waals surface area contributed by atoms with Crippen molar-refractivity contribution in [3.8, 4) is 0 Å². The van der Waals surface area contributed by atoms with E-state index in [1.165, 1.54) is 17.0 Å². The maximum absolute atomic E-state index is 7.84. The van der Waals surface area contributed by atoms with Gasteiger partial charge >= 0.3 is 26.4 Å². The van der Waals surface area contributed by atoms with Gasteiger partial charge in [0.2, 0.25) is 0 Å². The molecule has 0 saturated carbocycles. The van der Waals surface area contributed by atoms with Gasteiger partial charge in [-0.15, -0.1) is 25.4 Å². The van der Waals surface area contributed by atoms with E-state index in [1.807, 2.05) is 26.8 Å². The Labute approximate surface area is 402 Å². The van der Waals surface area contributed by atoms with Crippen LogP contribution < -0.4 is 5.19 Å². The van der Waals surface area contributed by atoms with Gasteiger partial charge in [-0.25, -0.2) is 0 Å². The maximum atomic E-state index is 7.84. The van der Waals surface area contributed by atoms with Crippen LogP contribution in [-0.4, -0.2) is 180 Å². The summed E-state index contributed by atoms with van der Waals surface area (Å²) in [5, 5.41) is 9.18. The number of allylic oxidation sites excluding steroid dienone is 1. The minimum Gasteiger partial charge on any atom is -0.499 e. The number of methoxy groups -OCH3 is 2. The van der Waals surface area contributed by atoms with E-state index < -0.39 is 44.3 Å². The summed E-state index contributed by atoms with van der Waals surface area (Å²) in [6, 6.07) is 12.6. The number of hydrogen-bond acceptors (Lipinski definition) is 16. The Morgan fingerprint density at radius 1 is 0.569 bits per heavy atom. The smallest absolute Gasteiger partial charge is 0.499 e. The van der Waals surface area contributed by atoms with Gasteiger partial charge in [0.25, 0.3) is 0 Å². The summed E-state index contributed by atoms with van der Waals surface area (Å²) in [5.74, 6) is 0. The SMILES string of the molecule is C=CCOCCOC.C=CC[Si](OC)(OC)OCC.C=COCCOC.C=C[Si](C)(CC[Si](OC)(OC)OC)CC[Si](OC)(OC)OCC.C=Cc1ccc([SiH2]OC)cc1.CCOCO. The molecular formula is C44H92O16Si5. The Morgan fingerprint density at radius 2 is 1.05 bits per heavy atom. The van der Waals surface area contributed by atoms with Crippen LogP contribution in [-0.2, 0) is 67.9 Å². The zero-order valence-electron chi connectivity index (χ0n) is 42.9. The van der Waals surface area contributed by atoms with Gasteiger partial charge in [0.15, 0.2) is 9.76 Å². The monoisotopic (exact) mass is 1020 g/mol. The summed E-state index contributed by atoms with van der Waals surface area (Å²) >= 11 is 0. The third-order valence-corrected chi connectivity index (χ3v) is 23.0. The lowest BCUT2D eigenvalue weighted by Gasteiger charge is -2.32. The molecule has 0 amide bonds. The van der Waals surface area contributed by atoms with Gasteiger partial charge in [0.1, 0.15) is 13.4 Å². The molecule has 0 aliphatic rings. The first-order valence-electron chi connectivity index (χ1n) is 21.4. The van der Waals surface area contributed by atoms with E-state index in [2.05, 4.69) is 78.9 Å². The summed E-state index contributed by atoms with van der Waals surface area (Å²) in [6.45, 7) is 31.0. The summed E-state index contributed by atoms with van der Waals surface area (Å²) in [7, 11) is 6.89. The van der Waals surface area contributed by atoms with Crippen molar-refractivity contribution in [2.45, 2.75) is 57.5 Å². The predicted molar refractivity (Wildman–Crippen MR) is 277 cm³/mol. The fourth-order valence-electron chi connectivity index (χ4n) is 4.82. The number of benzene rings is 1. The summed E-state index contributed by atoms with van der Waals surface area (Å²) in [4.78, 5) is 0. The van der Waals surface area contributed by atoms with Gasteiger partial charge in [-0.3, -0.25) is 0 Å². The molecule has 1 N–H and O–H groups in total. The van der Waals surface area contributed by atoms with Crippen LogP contribution in [0.1, 0.15) is 26.3 Å². The average Bonchev–Trinajstić information content (AvgIpc) is 3.34. The van der Waals surface area contributed by atoms with E-state index in [0.717, 1.165) is 24.2 Å². The summed E-state index contributed by atoms with van der Waals surface area (Å²) < 4.78 is 77.9. The van der Waals surface area contributed by atoms with Crippen LogP contribution in [0.25, 0.3) is 6.08 Å². The zero-order valence-corrected chi connectivity index (χ0v) is 48.3. The first-order chi connectivity index (χ1) is 31.2.